The average molecular weight is 366 g/mol. The van der Waals surface area contributed by atoms with Crippen molar-refractivity contribution in [2.45, 2.75) is 45.6 Å². The Balaban J connectivity index is 1.60. The van der Waals surface area contributed by atoms with Crippen LogP contribution in [0.15, 0.2) is 36.4 Å². The zero-order chi connectivity index (χ0) is 19.0. The van der Waals surface area contributed by atoms with E-state index < -0.39 is 0 Å². The summed E-state index contributed by atoms with van der Waals surface area (Å²) in [5.41, 5.74) is 0.860. The smallest absolute Gasteiger partial charge is 0.167 e. The molecule has 0 unspecified atom stereocenters. The minimum Gasteiger partial charge on any atom is -0.497 e. The molecule has 2 aromatic carbocycles. The third-order valence-corrected chi connectivity index (χ3v) is 6.81. The predicted molar refractivity (Wildman–Crippen MR) is 110 cm³/mol. The largest absolute Gasteiger partial charge is 0.497 e. The SMILES string of the molecule is COc1ccc2cc(C(=O)[C@H]3CN(C4CCC4)CC[C@H]3C(C)C)ccc2c1. The van der Waals surface area contributed by atoms with Gasteiger partial charge in [-0.05, 0) is 66.6 Å². The number of carbonyl (C=O) groups is 1. The second-order valence-electron chi connectivity index (χ2n) is 8.67. The highest BCUT2D eigenvalue weighted by Crippen LogP contribution is 2.36. The monoisotopic (exact) mass is 365 g/mol. The van der Waals surface area contributed by atoms with E-state index >= 15 is 0 Å². The van der Waals surface area contributed by atoms with Gasteiger partial charge in [-0.3, -0.25) is 9.69 Å². The minimum absolute atomic E-state index is 0.120. The number of piperidine rings is 1. The third-order valence-electron chi connectivity index (χ3n) is 6.81. The Morgan fingerprint density at radius 1 is 1.07 bits per heavy atom. The Morgan fingerprint density at radius 2 is 1.81 bits per heavy atom. The number of Topliss-reactive ketones (excluding diaryl/α,β-unsaturated/α-hetero) is 1. The Labute approximate surface area is 162 Å². The molecule has 1 saturated heterocycles. The zero-order valence-electron chi connectivity index (χ0n) is 16.8. The van der Waals surface area contributed by atoms with Crippen molar-refractivity contribution in [2.75, 3.05) is 20.2 Å². The third kappa shape index (κ3) is 3.62. The van der Waals surface area contributed by atoms with Crippen LogP contribution < -0.4 is 4.74 Å². The number of rotatable bonds is 5. The van der Waals surface area contributed by atoms with Crippen molar-refractivity contribution in [3.63, 3.8) is 0 Å². The molecule has 3 nitrogen and oxygen atoms in total. The number of hydrogen-bond donors (Lipinski definition) is 0. The molecule has 27 heavy (non-hydrogen) atoms. The van der Waals surface area contributed by atoms with E-state index in [1.54, 1.807) is 7.11 Å². The average Bonchev–Trinajstić information content (AvgIpc) is 2.65. The lowest BCUT2D eigenvalue weighted by Crippen LogP contribution is -2.51. The van der Waals surface area contributed by atoms with Crippen LogP contribution in [0.2, 0.25) is 0 Å². The number of methoxy groups -OCH3 is 1. The van der Waals surface area contributed by atoms with E-state index in [-0.39, 0.29) is 5.92 Å². The number of ketones is 1. The van der Waals surface area contributed by atoms with E-state index in [1.165, 1.54) is 19.3 Å². The Hall–Kier alpha value is -1.87. The second kappa shape index (κ2) is 7.63. The van der Waals surface area contributed by atoms with Crippen LogP contribution in [0.5, 0.6) is 5.75 Å². The highest BCUT2D eigenvalue weighted by molar-refractivity contribution is 6.01. The topological polar surface area (TPSA) is 29.5 Å². The van der Waals surface area contributed by atoms with E-state index in [4.69, 9.17) is 4.74 Å². The maximum atomic E-state index is 13.5. The first-order valence-electron chi connectivity index (χ1n) is 10.4. The van der Waals surface area contributed by atoms with Gasteiger partial charge in [0.25, 0.3) is 0 Å². The van der Waals surface area contributed by atoms with E-state index in [0.717, 1.165) is 47.6 Å². The molecule has 1 heterocycles. The molecule has 0 N–H and O–H groups in total. The van der Waals surface area contributed by atoms with Crippen LogP contribution in [0.4, 0.5) is 0 Å². The van der Waals surface area contributed by atoms with Gasteiger partial charge in [0.15, 0.2) is 5.78 Å². The van der Waals surface area contributed by atoms with Crippen molar-refractivity contribution in [3.8, 4) is 5.75 Å². The van der Waals surface area contributed by atoms with Crippen molar-refractivity contribution in [2.24, 2.45) is 17.8 Å². The molecule has 4 rings (SSSR count). The van der Waals surface area contributed by atoms with Crippen molar-refractivity contribution in [3.05, 3.63) is 42.0 Å². The minimum atomic E-state index is 0.120. The Morgan fingerprint density at radius 3 is 2.48 bits per heavy atom. The van der Waals surface area contributed by atoms with E-state index in [2.05, 4.69) is 30.9 Å². The quantitative estimate of drug-likeness (QED) is 0.684. The number of carbonyl (C=O) groups excluding carboxylic acids is 1. The fourth-order valence-corrected chi connectivity index (χ4v) is 4.87. The molecule has 2 atom stereocenters. The fourth-order valence-electron chi connectivity index (χ4n) is 4.87. The lowest BCUT2D eigenvalue weighted by atomic mass is 9.73. The molecule has 144 valence electrons. The first-order valence-corrected chi connectivity index (χ1v) is 10.4. The van der Waals surface area contributed by atoms with Gasteiger partial charge < -0.3 is 4.74 Å². The summed E-state index contributed by atoms with van der Waals surface area (Å²) in [6.07, 6.45) is 5.12. The van der Waals surface area contributed by atoms with Crippen LogP contribution in [0.3, 0.4) is 0 Å². The summed E-state index contributed by atoms with van der Waals surface area (Å²) < 4.78 is 5.31. The summed E-state index contributed by atoms with van der Waals surface area (Å²) in [5.74, 6) is 2.34. The Kier molecular flexibility index (Phi) is 5.23. The molecule has 2 fully saturated rings. The van der Waals surface area contributed by atoms with Gasteiger partial charge in [0.2, 0.25) is 0 Å². The lowest BCUT2D eigenvalue weighted by molar-refractivity contribution is 0.0304. The fraction of sp³-hybridized carbons (Fsp3) is 0.542. The molecule has 2 aliphatic rings. The molecule has 0 bridgehead atoms. The molecule has 0 aromatic heterocycles. The van der Waals surface area contributed by atoms with Gasteiger partial charge in [-0.15, -0.1) is 0 Å². The summed E-state index contributed by atoms with van der Waals surface area (Å²) in [6.45, 7) is 6.65. The van der Waals surface area contributed by atoms with Crippen molar-refractivity contribution in [1.82, 2.24) is 4.90 Å². The maximum absolute atomic E-state index is 13.5. The molecule has 1 saturated carbocycles. The van der Waals surface area contributed by atoms with Crippen LogP contribution in [0.25, 0.3) is 10.8 Å². The lowest BCUT2D eigenvalue weighted by Gasteiger charge is -2.46. The summed E-state index contributed by atoms with van der Waals surface area (Å²) in [4.78, 5) is 16.1. The summed E-state index contributed by atoms with van der Waals surface area (Å²) in [5, 5.41) is 2.22. The van der Waals surface area contributed by atoms with E-state index in [1.807, 2.05) is 24.3 Å². The van der Waals surface area contributed by atoms with E-state index in [0.29, 0.717) is 17.6 Å². The van der Waals surface area contributed by atoms with Crippen LogP contribution in [0.1, 0.15) is 49.9 Å². The highest BCUT2D eigenvalue weighted by atomic mass is 16.5. The number of hydrogen-bond acceptors (Lipinski definition) is 3. The second-order valence-corrected chi connectivity index (χ2v) is 8.67. The first kappa shape index (κ1) is 18.5. The molecule has 0 spiro atoms. The van der Waals surface area contributed by atoms with Gasteiger partial charge in [0, 0.05) is 24.1 Å². The van der Waals surface area contributed by atoms with Crippen LogP contribution in [-0.2, 0) is 0 Å². The number of benzene rings is 2. The summed E-state index contributed by atoms with van der Waals surface area (Å²) in [6, 6.07) is 12.9. The molecular formula is C24H31NO2. The highest BCUT2D eigenvalue weighted by Gasteiger charge is 2.39. The predicted octanol–water partition coefficient (Wildman–Crippen LogP) is 5.18. The summed E-state index contributed by atoms with van der Waals surface area (Å²) in [7, 11) is 1.68. The molecule has 0 radical (unpaired) electrons. The van der Waals surface area contributed by atoms with Gasteiger partial charge in [0.05, 0.1) is 7.11 Å². The summed E-state index contributed by atoms with van der Waals surface area (Å²) >= 11 is 0. The van der Waals surface area contributed by atoms with Gasteiger partial charge >= 0.3 is 0 Å². The van der Waals surface area contributed by atoms with Gasteiger partial charge in [-0.1, -0.05) is 38.5 Å². The first-order chi connectivity index (χ1) is 13.1. The van der Waals surface area contributed by atoms with Crippen LogP contribution in [0, 0.1) is 17.8 Å². The maximum Gasteiger partial charge on any atom is 0.167 e. The van der Waals surface area contributed by atoms with Gasteiger partial charge in [-0.25, -0.2) is 0 Å². The van der Waals surface area contributed by atoms with Crippen molar-refractivity contribution < 1.29 is 9.53 Å². The van der Waals surface area contributed by atoms with Crippen LogP contribution in [-0.4, -0.2) is 36.9 Å². The number of nitrogens with zero attached hydrogens (tertiary/aromatic N) is 1. The molecular weight excluding hydrogens is 334 g/mol. The molecule has 0 amide bonds. The molecule has 2 aromatic rings. The Bertz CT molecular complexity index is 824. The zero-order valence-corrected chi connectivity index (χ0v) is 16.8. The standard InChI is InChI=1S/C24H31NO2/c1-16(2)22-11-12-25(20-5-4-6-20)15-23(22)24(26)19-8-7-18-14-21(27-3)10-9-17(18)13-19/h7-10,13-14,16,20,22-23H,4-6,11-12,15H2,1-3H3/t22-,23-/m0/s1. The molecule has 1 aliphatic carbocycles. The number of ether oxygens (including phenoxy) is 1. The normalized spacial score (nSPS) is 24.1. The van der Waals surface area contributed by atoms with Gasteiger partial charge in [0.1, 0.15) is 5.75 Å². The van der Waals surface area contributed by atoms with Crippen molar-refractivity contribution >= 4 is 16.6 Å². The number of fused-ring (bicyclic) bond motifs is 1. The number of likely N-dealkylation sites (tertiary alicyclic amines) is 1. The van der Waals surface area contributed by atoms with E-state index in [9.17, 15) is 4.79 Å². The van der Waals surface area contributed by atoms with Crippen LogP contribution >= 0.6 is 0 Å². The molecule has 3 heteroatoms. The van der Waals surface area contributed by atoms with Crippen molar-refractivity contribution in [1.29, 1.82) is 0 Å². The molecule has 1 aliphatic heterocycles. The van der Waals surface area contributed by atoms with Gasteiger partial charge in [-0.2, -0.15) is 0 Å².